The minimum absolute atomic E-state index is 0.0421. The lowest BCUT2D eigenvalue weighted by Gasteiger charge is -2.39. The smallest absolute Gasteiger partial charge is 0.329 e. The number of nitrogens with one attached hydrogen (secondary N) is 1. The van der Waals surface area contributed by atoms with Crippen molar-refractivity contribution >= 4 is 11.9 Å². The number of hydrogen-bond acceptors (Lipinski definition) is 3. The molecule has 92 valence electrons. The summed E-state index contributed by atoms with van der Waals surface area (Å²) in [5.41, 5.74) is -1.10. The fourth-order valence-corrected chi connectivity index (χ4v) is 2.32. The van der Waals surface area contributed by atoms with E-state index in [1.54, 1.807) is 0 Å². The van der Waals surface area contributed by atoms with Crippen LogP contribution in [0, 0.1) is 5.92 Å². The third-order valence-electron chi connectivity index (χ3n) is 3.32. The molecule has 0 aromatic carbocycles. The SMILES string of the molecule is COCC(=O)NC1(C(=O)O)CCCCC1C. The van der Waals surface area contributed by atoms with Crippen molar-refractivity contribution in [3.63, 3.8) is 0 Å². The summed E-state index contributed by atoms with van der Waals surface area (Å²) in [4.78, 5) is 22.8. The molecule has 1 amide bonds. The summed E-state index contributed by atoms with van der Waals surface area (Å²) >= 11 is 0. The van der Waals surface area contributed by atoms with Crippen LogP contribution in [0.4, 0.5) is 0 Å². The molecule has 0 aromatic heterocycles. The molecule has 2 N–H and O–H groups in total. The molecule has 0 bridgehead atoms. The van der Waals surface area contributed by atoms with Crippen molar-refractivity contribution in [2.24, 2.45) is 5.92 Å². The molecule has 1 rings (SSSR count). The van der Waals surface area contributed by atoms with Crippen LogP contribution in [0.1, 0.15) is 32.6 Å². The van der Waals surface area contributed by atoms with E-state index in [0.717, 1.165) is 19.3 Å². The van der Waals surface area contributed by atoms with Gasteiger partial charge >= 0.3 is 5.97 Å². The Balaban J connectivity index is 2.79. The van der Waals surface area contributed by atoms with E-state index in [2.05, 4.69) is 5.32 Å². The number of carbonyl (C=O) groups excluding carboxylic acids is 1. The Hall–Kier alpha value is -1.10. The average Bonchev–Trinajstić information content (AvgIpc) is 2.21. The number of rotatable bonds is 4. The minimum Gasteiger partial charge on any atom is -0.479 e. The molecule has 5 heteroatoms. The van der Waals surface area contributed by atoms with Gasteiger partial charge < -0.3 is 15.2 Å². The van der Waals surface area contributed by atoms with E-state index < -0.39 is 11.5 Å². The number of hydrogen-bond donors (Lipinski definition) is 2. The highest BCUT2D eigenvalue weighted by atomic mass is 16.5. The molecule has 0 heterocycles. The van der Waals surface area contributed by atoms with Gasteiger partial charge in [0.1, 0.15) is 12.1 Å². The molecule has 1 fully saturated rings. The molecule has 0 aromatic rings. The van der Waals surface area contributed by atoms with E-state index in [4.69, 9.17) is 4.74 Å². The first-order valence-corrected chi connectivity index (χ1v) is 5.56. The van der Waals surface area contributed by atoms with Crippen LogP contribution in [0.2, 0.25) is 0 Å². The third kappa shape index (κ3) is 2.52. The molecule has 2 atom stereocenters. The quantitative estimate of drug-likeness (QED) is 0.747. The lowest BCUT2D eigenvalue weighted by Crippen LogP contribution is -2.60. The predicted octanol–water partition coefficient (Wildman–Crippen LogP) is 0.782. The van der Waals surface area contributed by atoms with Crippen LogP contribution < -0.4 is 5.32 Å². The summed E-state index contributed by atoms with van der Waals surface area (Å²) in [6, 6.07) is 0. The molecule has 0 spiro atoms. The van der Waals surface area contributed by atoms with Crippen molar-refractivity contribution in [1.29, 1.82) is 0 Å². The van der Waals surface area contributed by atoms with E-state index in [1.165, 1.54) is 7.11 Å². The van der Waals surface area contributed by atoms with E-state index in [-0.39, 0.29) is 18.4 Å². The molecule has 0 radical (unpaired) electrons. The second-order valence-electron chi connectivity index (χ2n) is 4.40. The van der Waals surface area contributed by atoms with Crippen LogP contribution in [0.15, 0.2) is 0 Å². The molecular weight excluding hydrogens is 210 g/mol. The molecule has 1 aliphatic carbocycles. The van der Waals surface area contributed by atoms with Gasteiger partial charge in [0.15, 0.2) is 0 Å². The van der Waals surface area contributed by atoms with Crippen molar-refractivity contribution in [2.75, 3.05) is 13.7 Å². The molecule has 16 heavy (non-hydrogen) atoms. The van der Waals surface area contributed by atoms with Crippen molar-refractivity contribution in [2.45, 2.75) is 38.1 Å². The highest BCUT2D eigenvalue weighted by Crippen LogP contribution is 2.33. The van der Waals surface area contributed by atoms with Crippen LogP contribution in [-0.4, -0.2) is 36.2 Å². The first-order valence-electron chi connectivity index (χ1n) is 5.56. The fourth-order valence-electron chi connectivity index (χ4n) is 2.32. The van der Waals surface area contributed by atoms with E-state index in [9.17, 15) is 14.7 Å². The van der Waals surface area contributed by atoms with Gasteiger partial charge in [-0.2, -0.15) is 0 Å². The summed E-state index contributed by atoms with van der Waals surface area (Å²) in [6.45, 7) is 1.78. The van der Waals surface area contributed by atoms with E-state index in [0.29, 0.717) is 6.42 Å². The first-order chi connectivity index (χ1) is 7.53. The van der Waals surface area contributed by atoms with Crippen molar-refractivity contribution < 1.29 is 19.4 Å². The Bertz CT molecular complexity index is 279. The third-order valence-corrected chi connectivity index (χ3v) is 3.32. The van der Waals surface area contributed by atoms with E-state index >= 15 is 0 Å². The van der Waals surface area contributed by atoms with E-state index in [1.807, 2.05) is 6.92 Å². The first kappa shape index (κ1) is 13.0. The zero-order chi connectivity index (χ0) is 12.2. The maximum atomic E-state index is 11.5. The molecule has 2 unspecified atom stereocenters. The maximum Gasteiger partial charge on any atom is 0.329 e. The Labute approximate surface area is 95.2 Å². The normalized spacial score (nSPS) is 29.8. The van der Waals surface area contributed by atoms with Crippen molar-refractivity contribution in [1.82, 2.24) is 5.32 Å². The zero-order valence-electron chi connectivity index (χ0n) is 9.78. The molecular formula is C11H19NO4. The second kappa shape index (κ2) is 5.30. The highest BCUT2D eigenvalue weighted by Gasteiger charge is 2.46. The van der Waals surface area contributed by atoms with Gasteiger partial charge in [0, 0.05) is 7.11 Å². The number of carboxylic acids is 1. The van der Waals surface area contributed by atoms with Gasteiger partial charge in [0.2, 0.25) is 5.91 Å². The highest BCUT2D eigenvalue weighted by molar-refractivity contribution is 5.87. The minimum atomic E-state index is -1.10. The van der Waals surface area contributed by atoms with Gasteiger partial charge in [0.05, 0.1) is 0 Å². The predicted molar refractivity (Wildman–Crippen MR) is 58.0 cm³/mol. The molecule has 1 saturated carbocycles. The number of aliphatic carboxylic acids is 1. The van der Waals surface area contributed by atoms with Gasteiger partial charge in [-0.3, -0.25) is 4.79 Å². The summed E-state index contributed by atoms with van der Waals surface area (Å²) in [7, 11) is 1.41. The summed E-state index contributed by atoms with van der Waals surface area (Å²) in [6.07, 6.45) is 3.19. The fraction of sp³-hybridized carbons (Fsp3) is 0.818. The molecule has 1 aliphatic rings. The summed E-state index contributed by atoms with van der Waals surface area (Å²) < 4.78 is 4.70. The van der Waals surface area contributed by atoms with Crippen molar-refractivity contribution in [3.8, 4) is 0 Å². The summed E-state index contributed by atoms with van der Waals surface area (Å²) in [5, 5.41) is 11.9. The van der Waals surface area contributed by atoms with Crippen LogP contribution in [-0.2, 0) is 14.3 Å². The van der Waals surface area contributed by atoms with Gasteiger partial charge in [-0.1, -0.05) is 19.8 Å². The largest absolute Gasteiger partial charge is 0.479 e. The van der Waals surface area contributed by atoms with Gasteiger partial charge in [-0.15, -0.1) is 0 Å². The van der Waals surface area contributed by atoms with Crippen LogP contribution in [0.25, 0.3) is 0 Å². The standard InChI is InChI=1S/C11H19NO4/c1-8-5-3-4-6-11(8,10(14)15)12-9(13)7-16-2/h8H,3-7H2,1-2H3,(H,12,13)(H,14,15). The number of ether oxygens (including phenoxy) is 1. The Kier molecular flexibility index (Phi) is 4.29. The maximum absolute atomic E-state index is 11.5. The molecule has 0 saturated heterocycles. The van der Waals surface area contributed by atoms with Gasteiger partial charge in [-0.25, -0.2) is 4.79 Å². The number of carbonyl (C=O) groups is 2. The lowest BCUT2D eigenvalue weighted by atomic mass is 9.73. The number of carboxylic acid groups (broad SMARTS) is 1. The van der Waals surface area contributed by atoms with Crippen LogP contribution in [0.5, 0.6) is 0 Å². The number of amides is 1. The number of methoxy groups -OCH3 is 1. The van der Waals surface area contributed by atoms with Gasteiger partial charge in [-0.05, 0) is 18.8 Å². The zero-order valence-corrected chi connectivity index (χ0v) is 9.78. The van der Waals surface area contributed by atoms with Crippen molar-refractivity contribution in [3.05, 3.63) is 0 Å². The topological polar surface area (TPSA) is 75.6 Å². The lowest BCUT2D eigenvalue weighted by molar-refractivity contribution is -0.152. The second-order valence-corrected chi connectivity index (χ2v) is 4.40. The Morgan fingerprint density at radius 3 is 2.69 bits per heavy atom. The van der Waals surface area contributed by atoms with Gasteiger partial charge in [0.25, 0.3) is 0 Å². The molecule has 0 aliphatic heterocycles. The Morgan fingerprint density at radius 1 is 1.50 bits per heavy atom. The van der Waals surface area contributed by atoms with Crippen LogP contribution in [0.3, 0.4) is 0 Å². The summed E-state index contributed by atoms with van der Waals surface area (Å²) in [5.74, 6) is -1.35. The van der Waals surface area contributed by atoms with Crippen LogP contribution >= 0.6 is 0 Å². The average molecular weight is 229 g/mol. The monoisotopic (exact) mass is 229 g/mol. The molecule has 5 nitrogen and oxygen atoms in total. The Morgan fingerprint density at radius 2 is 2.19 bits per heavy atom.